The molecule has 1 N–H and O–H groups in total. The maximum absolute atomic E-state index is 15.4. The lowest BCUT2D eigenvalue weighted by Gasteiger charge is -2.40. The second-order valence-electron chi connectivity index (χ2n) is 31.6. The van der Waals surface area contributed by atoms with Crippen LogP contribution in [0.3, 0.4) is 0 Å². The molecule has 2 amide bonds. The molecule has 0 aliphatic carbocycles. The minimum Gasteiger partial charge on any atom is -0.481 e. The van der Waals surface area contributed by atoms with Crippen LogP contribution in [0.2, 0.25) is 0 Å². The molecule has 108 heavy (non-hydrogen) atoms. The zero-order valence-corrected chi connectivity index (χ0v) is 65.2. The van der Waals surface area contributed by atoms with Gasteiger partial charge in [-0.3, -0.25) is 28.8 Å². The first-order valence-electron chi connectivity index (χ1n) is 37.4. The number of nitrogens with zero attached hydrogens (tertiary/aromatic N) is 6. The van der Waals surface area contributed by atoms with E-state index in [4.69, 9.17) is 4.74 Å². The molecule has 0 spiro atoms. The van der Waals surface area contributed by atoms with Crippen LogP contribution in [-0.2, 0) is 60.4 Å². The van der Waals surface area contributed by atoms with Crippen molar-refractivity contribution < 1.29 is 47.4 Å². The van der Waals surface area contributed by atoms with Crippen LogP contribution in [0.25, 0.3) is 67.3 Å². The molecule has 6 heterocycles. The molecule has 0 saturated carbocycles. The fourth-order valence-electron chi connectivity index (χ4n) is 13.2. The third-order valence-corrected chi connectivity index (χ3v) is 22.8. The van der Waals surface area contributed by atoms with Crippen molar-refractivity contribution in [3.05, 3.63) is 236 Å². The van der Waals surface area contributed by atoms with E-state index in [1.54, 1.807) is 54.0 Å². The van der Waals surface area contributed by atoms with Gasteiger partial charge in [-0.05, 0) is 151 Å². The van der Waals surface area contributed by atoms with Gasteiger partial charge in [0.25, 0.3) is 0 Å². The smallest absolute Gasteiger partial charge is 0.313 e. The quantitative estimate of drug-likeness (QED) is 0.0399. The SMILES string of the molecule is CCCCc1ccc(-c2ccc(-c3cnc(-c4ccc(C[C@H](CC(=O)c5ccc(C(C)(C)C)s5)C(=O)N5CC(C(=O)O)C5)cc4)nc3)c(F)c2)cc1.CCCCc1ccc(-c2ccc(-c3cnc(-c4ccc(C[C@H](CC(=O)c5ccc(C(C)(C)C)s5)C(=O)N5CC(C(=O)OC(C)(C)C)C5)cc4)nc3)c(F)c2)cc1. The first-order chi connectivity index (χ1) is 51.5. The lowest BCUT2D eigenvalue weighted by Crippen LogP contribution is -2.56. The number of esters is 1. The van der Waals surface area contributed by atoms with Crippen molar-refractivity contribution in [2.75, 3.05) is 26.2 Å². The van der Waals surface area contributed by atoms with Crippen LogP contribution >= 0.6 is 22.7 Å². The fourth-order valence-corrected chi connectivity index (χ4v) is 15.2. The molecule has 6 aromatic carbocycles. The summed E-state index contributed by atoms with van der Waals surface area (Å²) in [5, 5.41) is 9.33. The van der Waals surface area contributed by atoms with E-state index in [1.807, 2.05) is 130 Å². The minimum atomic E-state index is -0.919. The van der Waals surface area contributed by atoms with Crippen molar-refractivity contribution in [1.29, 1.82) is 0 Å². The van der Waals surface area contributed by atoms with Gasteiger partial charge in [0.05, 0.1) is 21.6 Å². The average molecular weight is 1490 g/mol. The zero-order valence-electron chi connectivity index (χ0n) is 63.6. The van der Waals surface area contributed by atoms with Gasteiger partial charge in [0.2, 0.25) is 11.8 Å². The molecule has 0 unspecified atom stereocenters. The number of ketones is 2. The van der Waals surface area contributed by atoms with E-state index in [9.17, 15) is 33.9 Å². The highest BCUT2D eigenvalue weighted by Gasteiger charge is 2.42. The van der Waals surface area contributed by atoms with Gasteiger partial charge in [0, 0.05) is 119 Å². The number of carboxylic acid groups (broad SMARTS) is 1. The summed E-state index contributed by atoms with van der Waals surface area (Å²) in [5.74, 6) is -3.64. The van der Waals surface area contributed by atoms with Crippen LogP contribution in [0.1, 0.15) is 166 Å². The number of Topliss-reactive ketones (excluding diaryl/α,β-unsaturated/α-hetero) is 2. The van der Waals surface area contributed by atoms with Crippen LogP contribution < -0.4 is 0 Å². The number of halogens is 2. The summed E-state index contributed by atoms with van der Waals surface area (Å²) in [6.07, 6.45) is 13.9. The number of carbonyl (C=O) groups excluding carboxylic acids is 5. The Morgan fingerprint density at radius 3 is 1.12 bits per heavy atom. The highest BCUT2D eigenvalue weighted by molar-refractivity contribution is 7.14. The second kappa shape index (κ2) is 34.5. The Labute approximate surface area is 641 Å². The Kier molecular flexibility index (Phi) is 25.2. The molecule has 2 atom stereocenters. The lowest BCUT2D eigenvalue weighted by atomic mass is 9.89. The van der Waals surface area contributed by atoms with Gasteiger partial charge in [-0.2, -0.15) is 0 Å². The predicted octanol–water partition coefficient (Wildman–Crippen LogP) is 19.8. The first kappa shape index (κ1) is 79.0. The zero-order chi connectivity index (χ0) is 77.2. The lowest BCUT2D eigenvalue weighted by molar-refractivity contribution is -0.168. The first-order valence-corrected chi connectivity index (χ1v) is 39.0. The molecule has 2 aliphatic heterocycles. The summed E-state index contributed by atoms with van der Waals surface area (Å²) >= 11 is 2.93. The van der Waals surface area contributed by atoms with Gasteiger partial charge in [0.15, 0.2) is 23.2 Å². The Hall–Kier alpha value is -10.0. The van der Waals surface area contributed by atoms with Crippen molar-refractivity contribution in [2.24, 2.45) is 23.7 Å². The van der Waals surface area contributed by atoms with Crippen molar-refractivity contribution in [2.45, 2.75) is 157 Å². The topological polar surface area (TPSA) is 190 Å². The fraction of sp³-hybridized carbons (Fsp3) is 0.356. The number of likely N-dealkylation sites (tertiary alicyclic amines) is 2. The maximum atomic E-state index is 15.4. The van der Waals surface area contributed by atoms with E-state index in [2.05, 4.69) is 99.6 Å². The number of aliphatic carboxylic acids is 1. The Morgan fingerprint density at radius 2 is 0.796 bits per heavy atom. The summed E-state index contributed by atoms with van der Waals surface area (Å²) in [6.45, 7) is 23.3. The van der Waals surface area contributed by atoms with E-state index in [0.29, 0.717) is 56.5 Å². The molecule has 2 fully saturated rings. The molecular weight excluding hydrogens is 1400 g/mol. The van der Waals surface area contributed by atoms with E-state index in [1.165, 1.54) is 38.7 Å². The molecule has 2 aliphatic rings. The molecule has 2 saturated heterocycles. The van der Waals surface area contributed by atoms with Gasteiger partial charge in [-0.25, -0.2) is 28.7 Å². The molecular formula is C90H96F2N6O8S2. The molecule has 0 radical (unpaired) electrons. The van der Waals surface area contributed by atoms with Crippen LogP contribution in [0.15, 0.2) is 183 Å². The largest absolute Gasteiger partial charge is 0.481 e. The number of benzene rings is 6. The second-order valence-corrected chi connectivity index (χ2v) is 33.8. The van der Waals surface area contributed by atoms with Crippen molar-refractivity contribution in [3.63, 3.8) is 0 Å². The summed E-state index contributed by atoms with van der Waals surface area (Å²) in [7, 11) is 0. The predicted molar refractivity (Wildman–Crippen MR) is 426 cm³/mol. The Balaban J connectivity index is 0.000000215. The van der Waals surface area contributed by atoms with E-state index >= 15 is 8.78 Å². The number of aromatic nitrogens is 4. The number of unbranched alkanes of at least 4 members (excludes halogenated alkanes) is 2. The molecule has 0 bridgehead atoms. The number of hydrogen-bond donors (Lipinski definition) is 1. The van der Waals surface area contributed by atoms with Crippen molar-refractivity contribution in [3.8, 4) is 67.3 Å². The number of thiophene rings is 2. The number of amides is 2. The van der Waals surface area contributed by atoms with Crippen LogP contribution in [-0.4, -0.2) is 102 Å². The van der Waals surface area contributed by atoms with Gasteiger partial charge in [-0.1, -0.05) is 190 Å². The molecule has 14 nitrogen and oxygen atoms in total. The average Bonchev–Trinajstić information content (AvgIpc) is 0.892. The highest BCUT2D eigenvalue weighted by atomic mass is 32.1. The third-order valence-electron chi connectivity index (χ3n) is 19.7. The number of hydrogen-bond acceptors (Lipinski definition) is 13. The van der Waals surface area contributed by atoms with Gasteiger partial charge in [0.1, 0.15) is 17.2 Å². The molecule has 4 aromatic heterocycles. The van der Waals surface area contributed by atoms with E-state index < -0.39 is 29.3 Å². The van der Waals surface area contributed by atoms with E-state index in [-0.39, 0.29) is 96.8 Å². The Morgan fingerprint density at radius 1 is 0.454 bits per heavy atom. The summed E-state index contributed by atoms with van der Waals surface area (Å²) in [5.41, 5.74) is 10.6. The number of carboxylic acids is 1. The summed E-state index contributed by atoms with van der Waals surface area (Å²) in [6, 6.07) is 49.9. The van der Waals surface area contributed by atoms with Gasteiger partial charge >= 0.3 is 11.9 Å². The molecule has 18 heteroatoms. The van der Waals surface area contributed by atoms with Crippen LogP contribution in [0.4, 0.5) is 8.78 Å². The summed E-state index contributed by atoms with van der Waals surface area (Å²) < 4.78 is 36.2. The Bertz CT molecular complexity index is 4810. The van der Waals surface area contributed by atoms with Crippen LogP contribution in [0, 0.1) is 35.3 Å². The number of ether oxygens (including phenoxy) is 1. The standard InChI is InChI=1S/C47H52FN3O4S.C43H44FN3O4S/c1-8-9-10-30-11-15-32(16-12-30)34-19-20-38(39(48)24-34)36-26-49-43(50-27-36)33-17-13-31(14-18-33)23-35(25-40(52)41-21-22-42(56-41)46(2,3)4)44(53)51-28-37(29-51)45(54)55-47(5,6)7;1-5-6-7-27-8-12-29(13-9-27)31-16-17-35(36(44)21-31)33-23-45-40(46-24-33)30-14-10-28(11-15-30)20-32(41(49)47-25-34(26-47)42(50)51)22-37(48)38-18-19-39(52-38)43(2,3)4/h11-22,24,26-27,35,37H,8-10,23,25,28-29H2,1-7H3;8-19,21,23-24,32,34H,5-7,20,22,25-26H2,1-4H3,(H,50,51)/t35-;32-/m11/s1. The minimum absolute atomic E-state index is 0.0341. The monoisotopic (exact) mass is 1490 g/mol. The van der Waals surface area contributed by atoms with E-state index in [0.717, 1.165) is 92.8 Å². The number of rotatable bonds is 26. The van der Waals surface area contributed by atoms with Crippen molar-refractivity contribution >= 4 is 58.0 Å². The van der Waals surface area contributed by atoms with Crippen LogP contribution in [0.5, 0.6) is 0 Å². The maximum Gasteiger partial charge on any atom is 0.313 e. The van der Waals surface area contributed by atoms with Gasteiger partial charge < -0.3 is 19.6 Å². The normalized spacial score (nSPS) is 13.9. The number of carbonyl (C=O) groups is 6. The number of aryl methyl sites for hydroxylation is 2. The summed E-state index contributed by atoms with van der Waals surface area (Å²) in [4.78, 5) is 103. The molecule has 560 valence electrons. The molecule has 10 aromatic rings. The third kappa shape index (κ3) is 20.2. The molecule has 12 rings (SSSR count). The van der Waals surface area contributed by atoms with Crippen molar-refractivity contribution in [1.82, 2.24) is 29.7 Å². The van der Waals surface area contributed by atoms with Gasteiger partial charge in [-0.15, -0.1) is 22.7 Å². The highest BCUT2D eigenvalue weighted by Crippen LogP contribution is 2.37.